The van der Waals surface area contributed by atoms with Gasteiger partial charge in [0.05, 0.1) is 54.5 Å². The number of rotatable bonds is 40. The molecule has 0 heterocycles. The van der Waals surface area contributed by atoms with Crippen molar-refractivity contribution in [3.8, 4) is 0 Å². The molecule has 9 nitrogen and oxygen atoms in total. The molecule has 0 aliphatic heterocycles. The van der Waals surface area contributed by atoms with Crippen LogP contribution in [0, 0.1) is 0 Å². The average Bonchev–Trinajstić information content (AvgIpc) is 3.10. The van der Waals surface area contributed by atoms with Crippen LogP contribution in [0.3, 0.4) is 0 Å². The molecule has 0 aromatic carbocycles. The Labute approximate surface area is 359 Å². The van der Waals surface area contributed by atoms with Crippen LogP contribution >= 0.6 is 0 Å². The first-order valence-corrected chi connectivity index (χ1v) is 22.9. The fourth-order valence-electron chi connectivity index (χ4n) is 7.54. The number of esters is 2. The van der Waals surface area contributed by atoms with E-state index in [2.05, 4.69) is 53.9 Å². The first-order valence-electron chi connectivity index (χ1n) is 22.9. The number of aliphatic hydroxyl groups is 2. The summed E-state index contributed by atoms with van der Waals surface area (Å²) in [5.41, 5.74) is 0. The molecule has 0 rings (SSSR count). The molecule has 2 N–H and O–H groups in total. The molecule has 0 radical (unpaired) electrons. The van der Waals surface area contributed by atoms with Gasteiger partial charge in [0.25, 0.3) is 0 Å². The van der Waals surface area contributed by atoms with Crippen molar-refractivity contribution in [2.45, 2.75) is 193 Å². The Morgan fingerprint density at radius 3 is 1.12 bits per heavy atom. The number of carbonyl (C=O) groups is 2. The number of likely N-dealkylation sites (N-methyl/N-ethyl adjacent to an activating group) is 2. The summed E-state index contributed by atoms with van der Waals surface area (Å²) in [6.07, 6.45) is 27.1. The van der Waals surface area contributed by atoms with Gasteiger partial charge in [-0.3, -0.25) is 14.5 Å². The Kier molecular flexibility index (Phi) is 42.3. The molecule has 0 fully saturated rings. The van der Waals surface area contributed by atoms with Crippen molar-refractivity contribution in [2.75, 3.05) is 87.2 Å². The molecule has 56 heavy (non-hydrogen) atoms. The van der Waals surface area contributed by atoms with E-state index in [0.29, 0.717) is 61.2 Å². The molecule has 0 amide bonds. The minimum Gasteiger partial charge on any atom is -1.00 e. The number of quaternary nitrogens is 2. The molecule has 0 aliphatic rings. The Bertz CT molecular complexity index is 819. The van der Waals surface area contributed by atoms with E-state index in [4.69, 9.17) is 9.47 Å². The lowest BCUT2D eigenvalue weighted by atomic mass is 10.1. The minimum absolute atomic E-state index is 0. The second kappa shape index (κ2) is 39.8. The summed E-state index contributed by atoms with van der Waals surface area (Å²) < 4.78 is 12.3. The van der Waals surface area contributed by atoms with Gasteiger partial charge in [-0.1, -0.05) is 136 Å². The molecule has 0 bridgehead atoms. The smallest absolute Gasteiger partial charge is 0.305 e. The topological polar surface area (TPSA) is 96.3 Å². The van der Waals surface area contributed by atoms with Gasteiger partial charge < -0.3 is 53.5 Å². The maximum Gasteiger partial charge on any atom is 0.305 e. The van der Waals surface area contributed by atoms with Crippen molar-refractivity contribution in [3.63, 3.8) is 0 Å². The fourth-order valence-corrected chi connectivity index (χ4v) is 7.54. The normalized spacial score (nSPS) is 12.9. The minimum atomic E-state index is -0.518. The Morgan fingerprint density at radius 1 is 0.482 bits per heavy atom. The van der Waals surface area contributed by atoms with Crippen molar-refractivity contribution < 1.29 is 63.1 Å². The average molecular weight is 843 g/mol. The summed E-state index contributed by atoms with van der Waals surface area (Å²) >= 11 is 0. The Hall–Kier alpha value is -0.680. The molecule has 0 aromatic heterocycles. The number of carbonyl (C=O) groups excluding carboxylic acids is 2. The van der Waals surface area contributed by atoms with E-state index in [1.54, 1.807) is 0 Å². The van der Waals surface area contributed by atoms with Gasteiger partial charge in [-0.2, -0.15) is 0 Å². The second-order valence-corrected chi connectivity index (χ2v) is 17.8. The molecule has 0 saturated heterocycles. The highest BCUT2D eigenvalue weighted by molar-refractivity contribution is 5.69. The number of aliphatic hydroxyl groups excluding tert-OH is 2. The third-order valence-electron chi connectivity index (χ3n) is 10.7. The van der Waals surface area contributed by atoms with Crippen molar-refractivity contribution in [1.29, 1.82) is 0 Å². The van der Waals surface area contributed by atoms with E-state index in [1.807, 2.05) is 0 Å². The SMILES string of the molecule is CCCCCCCCCCCC(=O)OCCC[N+](C)(C)CC(O)CN(CCCCC)CC(O)C[N+](C)(C)CCCOC(=O)CCCCCCCCCCC.[Cl-].[Cl-]. The zero-order chi connectivity index (χ0) is 40.3. The number of hydrogen-bond donors (Lipinski definition) is 2. The quantitative estimate of drug-likeness (QED) is 0.0557. The summed E-state index contributed by atoms with van der Waals surface area (Å²) in [6, 6.07) is 0. The van der Waals surface area contributed by atoms with Crippen LogP contribution in [0.2, 0.25) is 0 Å². The van der Waals surface area contributed by atoms with Crippen LogP contribution in [0.15, 0.2) is 0 Å². The lowest BCUT2D eigenvalue weighted by molar-refractivity contribution is -0.893. The highest BCUT2D eigenvalue weighted by atomic mass is 35.5. The highest BCUT2D eigenvalue weighted by Crippen LogP contribution is 2.13. The number of hydrogen-bond acceptors (Lipinski definition) is 7. The van der Waals surface area contributed by atoms with E-state index in [0.717, 1.165) is 77.4 Å². The number of ether oxygens (including phenoxy) is 2. The summed E-state index contributed by atoms with van der Waals surface area (Å²) in [6.45, 7) is 12.3. The first-order chi connectivity index (χ1) is 25.8. The predicted octanol–water partition coefficient (Wildman–Crippen LogP) is 3.07. The monoisotopic (exact) mass is 842 g/mol. The van der Waals surface area contributed by atoms with Crippen LogP contribution in [-0.4, -0.2) is 135 Å². The largest absolute Gasteiger partial charge is 1.00 e. The molecule has 0 aromatic rings. The maximum absolute atomic E-state index is 12.2. The maximum atomic E-state index is 12.2. The molecule has 2 unspecified atom stereocenters. The number of nitrogens with zero attached hydrogens (tertiary/aromatic N) is 3. The molecule has 0 aliphatic carbocycles. The molecular weight excluding hydrogens is 749 g/mol. The van der Waals surface area contributed by atoms with Crippen molar-refractivity contribution in [2.24, 2.45) is 0 Å². The number of unbranched alkanes of at least 4 members (excludes halogenated alkanes) is 18. The van der Waals surface area contributed by atoms with E-state index in [-0.39, 0.29) is 36.8 Å². The van der Waals surface area contributed by atoms with Gasteiger partial charge in [-0.05, 0) is 25.8 Å². The van der Waals surface area contributed by atoms with Gasteiger partial charge in [-0.15, -0.1) is 0 Å². The first kappa shape index (κ1) is 59.6. The van der Waals surface area contributed by atoms with Crippen LogP contribution in [0.5, 0.6) is 0 Å². The van der Waals surface area contributed by atoms with E-state index in [9.17, 15) is 19.8 Å². The number of halogens is 2. The lowest BCUT2D eigenvalue weighted by Gasteiger charge is -2.36. The molecule has 0 saturated carbocycles. The van der Waals surface area contributed by atoms with Gasteiger partial charge >= 0.3 is 11.9 Å². The zero-order valence-electron chi connectivity index (χ0n) is 37.8. The van der Waals surface area contributed by atoms with Crippen LogP contribution < -0.4 is 24.8 Å². The standard InChI is InChI=1S/C45H93N3O6.2ClH/c1-8-11-14-16-18-20-22-24-26-31-44(51)53-36-29-34-47(4,5)40-42(49)38-46(33-28-13-10-3)39-43(50)41-48(6,7)35-30-37-54-45(52)32-27-25-23-21-19-17-15-12-9-2;;/h42-43,49-50H,8-41H2,1-7H3;2*1H/q+2;;/p-2. The second-order valence-electron chi connectivity index (χ2n) is 17.8. The Morgan fingerprint density at radius 2 is 0.786 bits per heavy atom. The van der Waals surface area contributed by atoms with E-state index in [1.165, 1.54) is 89.9 Å². The Balaban J connectivity index is -0.0000140. The predicted molar refractivity (Wildman–Crippen MR) is 227 cm³/mol. The molecule has 11 heteroatoms. The van der Waals surface area contributed by atoms with Crippen LogP contribution in [-0.2, 0) is 19.1 Å². The third-order valence-corrected chi connectivity index (χ3v) is 10.7. The third kappa shape index (κ3) is 40.1. The molecular formula is C45H93Cl2N3O6. The zero-order valence-corrected chi connectivity index (χ0v) is 39.3. The van der Waals surface area contributed by atoms with Gasteiger partial charge in [0.1, 0.15) is 25.3 Å². The summed E-state index contributed by atoms with van der Waals surface area (Å²) in [7, 11) is 8.49. The van der Waals surface area contributed by atoms with Gasteiger partial charge in [0, 0.05) is 38.8 Å². The molecule has 0 spiro atoms. The summed E-state index contributed by atoms with van der Waals surface area (Å²) in [4.78, 5) is 26.7. The highest BCUT2D eigenvalue weighted by Gasteiger charge is 2.26. The van der Waals surface area contributed by atoms with Crippen LogP contribution in [0.1, 0.15) is 181 Å². The van der Waals surface area contributed by atoms with Gasteiger partial charge in [0.2, 0.25) is 0 Å². The summed E-state index contributed by atoms with van der Waals surface area (Å²) in [5, 5.41) is 22.3. The van der Waals surface area contributed by atoms with Crippen LogP contribution in [0.25, 0.3) is 0 Å². The summed E-state index contributed by atoms with van der Waals surface area (Å²) in [5.74, 6) is -0.177. The van der Waals surface area contributed by atoms with Crippen molar-refractivity contribution >= 4 is 11.9 Å². The lowest BCUT2D eigenvalue weighted by Crippen LogP contribution is -3.00. The molecule has 2 atom stereocenters. The van der Waals surface area contributed by atoms with Gasteiger partial charge in [-0.25, -0.2) is 0 Å². The van der Waals surface area contributed by atoms with E-state index >= 15 is 0 Å². The molecule has 338 valence electrons. The van der Waals surface area contributed by atoms with Crippen LogP contribution in [0.4, 0.5) is 0 Å². The fraction of sp³-hybridized carbons (Fsp3) is 0.956. The van der Waals surface area contributed by atoms with Crippen molar-refractivity contribution in [3.05, 3.63) is 0 Å². The van der Waals surface area contributed by atoms with E-state index < -0.39 is 12.2 Å². The van der Waals surface area contributed by atoms with Crippen molar-refractivity contribution in [1.82, 2.24) is 4.90 Å². The van der Waals surface area contributed by atoms with Gasteiger partial charge in [0.15, 0.2) is 0 Å².